The van der Waals surface area contributed by atoms with E-state index >= 15 is 0 Å². The van der Waals surface area contributed by atoms with Crippen molar-refractivity contribution in [2.24, 2.45) is 0 Å². The van der Waals surface area contributed by atoms with Crippen molar-refractivity contribution >= 4 is 25.6 Å². The molecule has 6 heteroatoms. The van der Waals surface area contributed by atoms with Crippen molar-refractivity contribution in [2.45, 2.75) is 11.8 Å². The second kappa shape index (κ2) is 2.42. The summed E-state index contributed by atoms with van der Waals surface area (Å²) in [5.74, 6) is 0. The van der Waals surface area contributed by atoms with E-state index in [1.54, 1.807) is 6.07 Å². The highest BCUT2D eigenvalue weighted by Gasteiger charge is 2.54. The molecule has 76 valence electrons. The Bertz CT molecular complexity index is 343. The van der Waals surface area contributed by atoms with Gasteiger partial charge in [-0.05, 0) is 35.4 Å². The lowest BCUT2D eigenvalue weighted by atomic mass is 10.2. The van der Waals surface area contributed by atoms with Gasteiger partial charge in [0.1, 0.15) is 0 Å². The molecule has 2 unspecified atom stereocenters. The summed E-state index contributed by atoms with van der Waals surface area (Å²) in [6, 6.07) is 5.56. The molecule has 0 saturated carbocycles. The molecule has 1 aromatic carbocycles. The molecule has 1 aromatic rings. The van der Waals surface area contributed by atoms with Gasteiger partial charge in [0.25, 0.3) is 0 Å². The first-order valence-electron chi connectivity index (χ1n) is 3.47. The smallest absolute Gasteiger partial charge is 0.0900 e. The number of halogens is 3. The van der Waals surface area contributed by atoms with Crippen LogP contribution in [0.3, 0.4) is 0 Å². The molecule has 0 nitrogen and oxygen atoms in total. The molecule has 0 spiro atoms. The quantitative estimate of drug-likeness (QED) is 0.641. The van der Waals surface area contributed by atoms with Crippen molar-refractivity contribution in [3.63, 3.8) is 0 Å². The molecule has 0 heterocycles. The Balaban J connectivity index is 3.50. The van der Waals surface area contributed by atoms with E-state index in [9.17, 15) is 11.7 Å². The summed E-state index contributed by atoms with van der Waals surface area (Å²) in [4.78, 5) is -0.544. The van der Waals surface area contributed by atoms with Crippen molar-refractivity contribution in [1.82, 2.24) is 0 Å². The van der Waals surface area contributed by atoms with Gasteiger partial charge in [-0.2, -0.15) is 0 Å². The van der Waals surface area contributed by atoms with Crippen molar-refractivity contribution in [3.8, 4) is 0 Å². The van der Waals surface area contributed by atoms with Gasteiger partial charge in [0.15, 0.2) is 0 Å². The Morgan fingerprint density at radius 3 is 1.85 bits per heavy atom. The van der Waals surface area contributed by atoms with Crippen molar-refractivity contribution in [3.05, 3.63) is 29.8 Å². The minimum atomic E-state index is -6.64. The highest BCUT2D eigenvalue weighted by Crippen LogP contribution is 3.09. The minimum absolute atomic E-state index is 0.252. The van der Waals surface area contributed by atoms with Gasteiger partial charge in [0.05, 0.1) is 13.6 Å². The lowest BCUT2D eigenvalue weighted by Gasteiger charge is -2.51. The van der Waals surface area contributed by atoms with Gasteiger partial charge in [-0.3, -0.25) is 0 Å². The van der Waals surface area contributed by atoms with E-state index < -0.39 is 13.6 Å². The summed E-state index contributed by atoms with van der Waals surface area (Å²) >= 11 is 0. The third kappa shape index (κ3) is 2.83. The maximum atomic E-state index is 13.5. The van der Waals surface area contributed by atoms with Crippen LogP contribution in [-0.2, 0) is 0 Å². The van der Waals surface area contributed by atoms with E-state index in [1.807, 2.05) is 0 Å². The van der Waals surface area contributed by atoms with Gasteiger partial charge >= 0.3 is 0 Å². The van der Waals surface area contributed by atoms with Crippen LogP contribution in [0.1, 0.15) is 5.56 Å². The van der Waals surface area contributed by atoms with Crippen LogP contribution < -0.4 is 0 Å². The van der Waals surface area contributed by atoms with Gasteiger partial charge < -0.3 is 0 Å². The predicted octanol–water partition coefficient (Wildman–Crippen LogP) is 4.46. The Kier molecular flexibility index (Phi) is 2.10. The normalized spacial score (nSPS) is 17.7. The number of hydrogen-bond donors (Lipinski definition) is 0. The van der Waals surface area contributed by atoms with E-state index in [0.29, 0.717) is 0 Å². The molecule has 0 N–H and O–H groups in total. The largest absolute Gasteiger partial charge is 0.142 e. The van der Waals surface area contributed by atoms with Crippen LogP contribution in [0, 0.1) is 6.92 Å². The van der Waals surface area contributed by atoms with E-state index in [0.717, 1.165) is 22.9 Å². The number of rotatable bonds is 1. The second-order valence-electron chi connectivity index (χ2n) is 3.08. The molecule has 2 atom stereocenters. The number of aryl methyl sites for hydroxylation is 1. The number of benzene rings is 1. The molecule has 1 rings (SSSR count). The maximum Gasteiger partial charge on any atom is 0.0900 e. The first-order valence-corrected chi connectivity index (χ1v) is 8.57. The maximum absolute atomic E-state index is 13.5. The topological polar surface area (TPSA) is 0 Å². The van der Waals surface area contributed by atoms with Crippen LogP contribution in [0.2, 0.25) is 0 Å². The van der Waals surface area contributed by atoms with E-state index in [4.69, 9.17) is 0 Å². The Hall–Kier alpha value is 0.220. The average molecular weight is 246 g/mol. The fraction of sp³-hybridized carbons (Fsp3) is 0.143. The molecule has 0 aromatic heterocycles. The summed E-state index contributed by atoms with van der Waals surface area (Å²) in [7, 11) is -4.52. The number of hydrogen-bond acceptors (Lipinski definition) is 0. The molecule has 0 aliphatic rings. The molecule has 0 fully saturated rings. The van der Waals surface area contributed by atoms with E-state index in [-0.39, 0.29) is 5.56 Å². The zero-order valence-electron chi connectivity index (χ0n) is 7.01. The molecule has 0 aliphatic heterocycles. The molecular formula is C7H11F3P2S. The molecule has 0 aliphatic carbocycles. The molecule has 0 amide bonds. The van der Waals surface area contributed by atoms with Crippen LogP contribution in [0.25, 0.3) is 0 Å². The van der Waals surface area contributed by atoms with Gasteiger partial charge in [0.2, 0.25) is 0 Å². The minimum Gasteiger partial charge on any atom is -0.142 e. The van der Waals surface area contributed by atoms with Gasteiger partial charge in [-0.15, -0.1) is 11.7 Å². The fourth-order valence-corrected chi connectivity index (χ4v) is 3.86. The Labute approximate surface area is 79.3 Å². The zero-order chi connectivity index (χ0) is 10.4. The Morgan fingerprint density at radius 2 is 1.54 bits per heavy atom. The third-order valence-corrected chi connectivity index (χ3v) is 4.59. The summed E-state index contributed by atoms with van der Waals surface area (Å²) in [6.07, 6.45) is 0. The van der Waals surface area contributed by atoms with Gasteiger partial charge in [0, 0.05) is 0 Å². The van der Waals surface area contributed by atoms with Crippen molar-refractivity contribution in [1.29, 1.82) is 0 Å². The van der Waals surface area contributed by atoms with Gasteiger partial charge in [-0.1, -0.05) is 18.2 Å². The zero-order valence-corrected chi connectivity index (χ0v) is 10.1. The molecule has 0 radical (unpaired) electrons. The summed E-state index contributed by atoms with van der Waals surface area (Å²) in [5, 5.41) is 0. The lowest BCUT2D eigenvalue weighted by molar-refractivity contribution is 0.609. The van der Waals surface area contributed by atoms with E-state index in [1.165, 1.54) is 19.1 Å². The molecule has 0 bridgehead atoms. The van der Waals surface area contributed by atoms with Crippen molar-refractivity contribution in [2.75, 3.05) is 0 Å². The fourth-order valence-electron chi connectivity index (χ4n) is 1.08. The molecular weight excluding hydrogens is 235 g/mol. The second-order valence-corrected chi connectivity index (χ2v) is 14.0. The SMILES string of the molecule is Cc1ccccc1S(F)(F)(F)(P)P. The van der Waals surface area contributed by atoms with Crippen LogP contribution in [0.4, 0.5) is 11.7 Å². The van der Waals surface area contributed by atoms with Crippen LogP contribution in [0.5, 0.6) is 0 Å². The first kappa shape index (κ1) is 11.3. The molecule has 13 heavy (non-hydrogen) atoms. The summed E-state index contributed by atoms with van der Waals surface area (Å²) in [5.41, 5.74) is 0.252. The average Bonchev–Trinajstić information content (AvgIpc) is 1.82. The predicted molar refractivity (Wildman–Crippen MR) is 59.8 cm³/mol. The van der Waals surface area contributed by atoms with Crippen molar-refractivity contribution < 1.29 is 11.7 Å². The first-order chi connectivity index (χ1) is 5.50. The summed E-state index contributed by atoms with van der Waals surface area (Å²) < 4.78 is 40.4. The van der Waals surface area contributed by atoms with Crippen LogP contribution in [-0.4, -0.2) is 0 Å². The monoisotopic (exact) mass is 246 g/mol. The Morgan fingerprint density at radius 1 is 1.08 bits per heavy atom. The highest BCUT2D eigenvalue weighted by molar-refractivity contribution is 9.07. The van der Waals surface area contributed by atoms with E-state index in [2.05, 4.69) is 0 Å². The highest BCUT2D eigenvalue weighted by atomic mass is 33.2. The standard InChI is InChI=1S/C7H11F3P2S/c1-6-4-2-3-5-7(6)13(8,9,10,11)12/h2-5H,11-12H2,1H3. The molecule has 0 saturated heterocycles. The third-order valence-electron chi connectivity index (χ3n) is 1.60. The van der Waals surface area contributed by atoms with Crippen LogP contribution in [0.15, 0.2) is 29.2 Å². The lowest BCUT2D eigenvalue weighted by Crippen LogP contribution is -2.03. The van der Waals surface area contributed by atoms with Gasteiger partial charge in [-0.25, -0.2) is 0 Å². The van der Waals surface area contributed by atoms with Crippen LogP contribution >= 0.6 is 25.6 Å². The summed E-state index contributed by atoms with van der Waals surface area (Å²) in [6.45, 7) is 1.46.